The minimum absolute atomic E-state index is 0.130. The van der Waals surface area contributed by atoms with Crippen LogP contribution in [0.1, 0.15) is 23.1 Å². The molecule has 156 valence electrons. The van der Waals surface area contributed by atoms with Crippen LogP contribution in [0.15, 0.2) is 83.3 Å². The minimum Gasteiger partial charge on any atom is -0.369 e. The second kappa shape index (κ2) is 10.1. The van der Waals surface area contributed by atoms with Gasteiger partial charge in [-0.1, -0.05) is 82.1 Å². The van der Waals surface area contributed by atoms with Crippen LogP contribution in [-0.2, 0) is 28.3 Å². The minimum atomic E-state index is -0.544. The molecule has 1 unspecified atom stereocenters. The van der Waals surface area contributed by atoms with E-state index < -0.39 is 5.60 Å². The molecule has 4 rings (SSSR count). The van der Waals surface area contributed by atoms with Crippen molar-refractivity contribution in [1.82, 2.24) is 5.32 Å². The third-order valence-electron chi connectivity index (χ3n) is 5.54. The lowest BCUT2D eigenvalue weighted by molar-refractivity contribution is -0.176. The van der Waals surface area contributed by atoms with Gasteiger partial charge in [-0.25, -0.2) is 0 Å². The van der Waals surface area contributed by atoms with Gasteiger partial charge in [0.1, 0.15) is 11.7 Å². The Morgan fingerprint density at radius 2 is 1.70 bits per heavy atom. The molecular formula is C25H25BrClNO2. The molecule has 1 aliphatic heterocycles. The number of piperidine rings is 1. The van der Waals surface area contributed by atoms with Crippen molar-refractivity contribution < 1.29 is 9.47 Å². The Kier molecular flexibility index (Phi) is 7.24. The second-order valence-corrected chi connectivity index (χ2v) is 8.91. The van der Waals surface area contributed by atoms with Crippen molar-refractivity contribution in [3.63, 3.8) is 0 Å². The highest BCUT2D eigenvalue weighted by atomic mass is 79.9. The third-order valence-corrected chi connectivity index (χ3v) is 6.28. The number of halogens is 2. The van der Waals surface area contributed by atoms with Crippen molar-refractivity contribution in [2.75, 3.05) is 13.1 Å². The number of benzene rings is 3. The zero-order valence-corrected chi connectivity index (χ0v) is 19.0. The van der Waals surface area contributed by atoms with E-state index in [1.807, 2.05) is 42.5 Å². The van der Waals surface area contributed by atoms with Crippen LogP contribution in [0, 0.1) is 0 Å². The van der Waals surface area contributed by atoms with Crippen molar-refractivity contribution >= 4 is 27.5 Å². The van der Waals surface area contributed by atoms with Gasteiger partial charge in [-0.05, 0) is 53.9 Å². The molecule has 1 heterocycles. The van der Waals surface area contributed by atoms with E-state index in [2.05, 4.69) is 57.6 Å². The Morgan fingerprint density at radius 1 is 0.933 bits per heavy atom. The molecule has 5 heteroatoms. The average molecular weight is 487 g/mol. The smallest absolute Gasteiger partial charge is 0.122 e. The number of nitrogens with one attached hydrogen (secondary N) is 1. The molecule has 0 saturated carbocycles. The standard InChI is InChI=1S/C25H25BrClNO2/c26-22-8-4-7-20(15-22)17-29-24-16-28-14-13-25(24,21-9-11-23(27)12-10-21)30-18-19-5-2-1-3-6-19/h1-12,15,24,28H,13-14,16-18H2/t24?,25-/m0/s1. The largest absolute Gasteiger partial charge is 0.369 e. The maximum atomic E-state index is 6.69. The van der Waals surface area contributed by atoms with Crippen molar-refractivity contribution in [2.24, 2.45) is 0 Å². The summed E-state index contributed by atoms with van der Waals surface area (Å²) in [5.74, 6) is 0. The van der Waals surface area contributed by atoms with Gasteiger partial charge in [0.15, 0.2) is 0 Å². The summed E-state index contributed by atoms with van der Waals surface area (Å²) in [5, 5.41) is 4.20. The van der Waals surface area contributed by atoms with E-state index >= 15 is 0 Å². The zero-order chi connectivity index (χ0) is 20.8. The molecule has 2 atom stereocenters. The lowest BCUT2D eigenvalue weighted by atomic mass is 9.82. The van der Waals surface area contributed by atoms with E-state index in [-0.39, 0.29) is 6.10 Å². The van der Waals surface area contributed by atoms with Gasteiger partial charge in [0.05, 0.1) is 13.2 Å². The first-order valence-electron chi connectivity index (χ1n) is 10.2. The Morgan fingerprint density at radius 3 is 2.47 bits per heavy atom. The highest BCUT2D eigenvalue weighted by molar-refractivity contribution is 9.10. The molecule has 0 amide bonds. The molecular weight excluding hydrogens is 462 g/mol. The van der Waals surface area contributed by atoms with E-state index in [1.165, 1.54) is 0 Å². The summed E-state index contributed by atoms with van der Waals surface area (Å²) in [7, 11) is 0. The summed E-state index contributed by atoms with van der Waals surface area (Å²) in [6.45, 7) is 2.65. The molecule has 1 saturated heterocycles. The maximum absolute atomic E-state index is 6.69. The van der Waals surface area contributed by atoms with Gasteiger partial charge in [0.25, 0.3) is 0 Å². The first-order chi connectivity index (χ1) is 14.7. The van der Waals surface area contributed by atoms with E-state index in [1.54, 1.807) is 0 Å². The van der Waals surface area contributed by atoms with E-state index in [0.717, 1.165) is 45.7 Å². The van der Waals surface area contributed by atoms with Crippen LogP contribution >= 0.6 is 27.5 Å². The summed E-state index contributed by atoms with van der Waals surface area (Å²) in [4.78, 5) is 0. The fourth-order valence-corrected chi connectivity index (χ4v) is 4.52. The summed E-state index contributed by atoms with van der Waals surface area (Å²) < 4.78 is 14.2. The Hall–Kier alpha value is -1.69. The van der Waals surface area contributed by atoms with Gasteiger partial charge in [-0.15, -0.1) is 0 Å². The van der Waals surface area contributed by atoms with Gasteiger partial charge in [0.2, 0.25) is 0 Å². The molecule has 0 bridgehead atoms. The van der Waals surface area contributed by atoms with E-state index in [4.69, 9.17) is 21.1 Å². The molecule has 0 aliphatic carbocycles. The van der Waals surface area contributed by atoms with Crippen molar-refractivity contribution in [3.8, 4) is 0 Å². The average Bonchev–Trinajstić information content (AvgIpc) is 2.78. The van der Waals surface area contributed by atoms with Gasteiger partial charge in [0, 0.05) is 16.0 Å². The second-order valence-electron chi connectivity index (χ2n) is 7.55. The van der Waals surface area contributed by atoms with Crippen LogP contribution in [0.4, 0.5) is 0 Å². The summed E-state index contributed by atoms with van der Waals surface area (Å²) >= 11 is 9.71. The molecule has 3 aromatic rings. The molecule has 0 spiro atoms. The lowest BCUT2D eigenvalue weighted by Crippen LogP contribution is -2.54. The fraction of sp³-hybridized carbons (Fsp3) is 0.280. The summed E-state index contributed by atoms with van der Waals surface area (Å²) in [5.41, 5.74) is 2.83. The van der Waals surface area contributed by atoms with Crippen molar-refractivity contribution in [3.05, 3.63) is 105 Å². The normalized spacial score (nSPS) is 21.5. The summed E-state index contributed by atoms with van der Waals surface area (Å²) in [6.07, 6.45) is 0.695. The maximum Gasteiger partial charge on any atom is 0.122 e. The monoisotopic (exact) mass is 485 g/mol. The first kappa shape index (κ1) is 21.5. The molecule has 1 aliphatic rings. The van der Waals surface area contributed by atoms with Crippen LogP contribution in [0.2, 0.25) is 5.02 Å². The Bertz CT molecular complexity index is 951. The predicted molar refractivity (Wildman–Crippen MR) is 125 cm³/mol. The number of hydrogen-bond acceptors (Lipinski definition) is 3. The predicted octanol–water partition coefficient (Wildman–Crippen LogP) is 6.09. The van der Waals surface area contributed by atoms with Crippen LogP contribution in [0.25, 0.3) is 0 Å². The Labute approximate surface area is 191 Å². The van der Waals surface area contributed by atoms with Crippen molar-refractivity contribution in [1.29, 1.82) is 0 Å². The quantitative estimate of drug-likeness (QED) is 0.438. The van der Waals surface area contributed by atoms with E-state index in [0.29, 0.717) is 13.2 Å². The molecule has 0 radical (unpaired) electrons. The van der Waals surface area contributed by atoms with Gasteiger partial charge in [-0.3, -0.25) is 0 Å². The van der Waals surface area contributed by atoms with Gasteiger partial charge >= 0.3 is 0 Å². The highest BCUT2D eigenvalue weighted by Crippen LogP contribution is 2.38. The van der Waals surface area contributed by atoms with Crippen LogP contribution in [0.5, 0.6) is 0 Å². The molecule has 3 nitrogen and oxygen atoms in total. The molecule has 0 aromatic heterocycles. The number of rotatable bonds is 7. The number of ether oxygens (including phenoxy) is 2. The first-order valence-corrected chi connectivity index (χ1v) is 11.3. The molecule has 1 N–H and O–H groups in total. The number of hydrogen-bond donors (Lipinski definition) is 1. The topological polar surface area (TPSA) is 30.5 Å². The molecule has 3 aromatic carbocycles. The van der Waals surface area contributed by atoms with Gasteiger partial charge < -0.3 is 14.8 Å². The zero-order valence-electron chi connectivity index (χ0n) is 16.7. The van der Waals surface area contributed by atoms with Crippen LogP contribution in [-0.4, -0.2) is 19.2 Å². The molecule has 30 heavy (non-hydrogen) atoms. The molecule has 1 fully saturated rings. The summed E-state index contributed by atoms with van der Waals surface area (Å²) in [6, 6.07) is 26.5. The SMILES string of the molecule is Clc1ccc([C@@]2(OCc3ccccc3)CCNCC2OCc2cccc(Br)c2)cc1. The highest BCUT2D eigenvalue weighted by Gasteiger charge is 2.44. The lowest BCUT2D eigenvalue weighted by Gasteiger charge is -2.44. The van der Waals surface area contributed by atoms with E-state index in [9.17, 15) is 0 Å². The van der Waals surface area contributed by atoms with Crippen LogP contribution in [0.3, 0.4) is 0 Å². The third kappa shape index (κ3) is 5.13. The van der Waals surface area contributed by atoms with Gasteiger partial charge in [-0.2, -0.15) is 0 Å². The van der Waals surface area contributed by atoms with Crippen LogP contribution < -0.4 is 5.32 Å². The Balaban J connectivity index is 1.61. The fourth-order valence-electron chi connectivity index (χ4n) is 3.95. The van der Waals surface area contributed by atoms with Crippen molar-refractivity contribution in [2.45, 2.75) is 31.3 Å².